The molecule has 7 heteroatoms. The second kappa shape index (κ2) is 6.42. The third-order valence-electron chi connectivity index (χ3n) is 2.83. The van der Waals surface area contributed by atoms with E-state index in [4.69, 9.17) is 10.2 Å². The summed E-state index contributed by atoms with van der Waals surface area (Å²) in [5.74, 6) is 0.133. The van der Waals surface area contributed by atoms with Gasteiger partial charge in [-0.3, -0.25) is 9.59 Å². The van der Waals surface area contributed by atoms with Crippen molar-refractivity contribution in [2.45, 2.75) is 0 Å². The predicted molar refractivity (Wildman–Crippen MR) is 67.5 cm³/mol. The van der Waals surface area contributed by atoms with E-state index in [9.17, 15) is 9.59 Å². The molecule has 0 bridgehead atoms. The molecule has 1 aliphatic rings. The fourth-order valence-corrected chi connectivity index (χ4v) is 1.84. The van der Waals surface area contributed by atoms with Gasteiger partial charge in [0.2, 0.25) is 5.91 Å². The molecular weight excluding hydrogens is 258 g/mol. The molecule has 0 spiro atoms. The average molecular weight is 274 g/mol. The molecule has 100 valence electrons. The van der Waals surface area contributed by atoms with Crippen LogP contribution in [0.25, 0.3) is 0 Å². The molecule has 0 saturated carbocycles. The van der Waals surface area contributed by atoms with Gasteiger partial charge in [-0.2, -0.15) is 0 Å². The van der Waals surface area contributed by atoms with Crippen molar-refractivity contribution >= 4 is 24.2 Å². The minimum Gasteiger partial charge on any atom is -0.459 e. The summed E-state index contributed by atoms with van der Waals surface area (Å²) in [6.07, 6.45) is 1.47. The minimum atomic E-state index is -0.130. The lowest BCUT2D eigenvalue weighted by Crippen LogP contribution is -2.51. The highest BCUT2D eigenvalue weighted by Gasteiger charge is 2.25. The smallest absolute Gasteiger partial charge is 0.289 e. The molecule has 2 N–H and O–H groups in total. The maximum atomic E-state index is 11.9. The third-order valence-corrected chi connectivity index (χ3v) is 2.83. The van der Waals surface area contributed by atoms with E-state index in [0.717, 1.165) is 0 Å². The van der Waals surface area contributed by atoms with E-state index in [1.807, 2.05) is 0 Å². The van der Waals surface area contributed by atoms with Crippen LogP contribution in [-0.4, -0.2) is 54.3 Å². The van der Waals surface area contributed by atoms with Gasteiger partial charge in [0.1, 0.15) is 0 Å². The van der Waals surface area contributed by atoms with Crippen molar-refractivity contribution in [3.05, 3.63) is 24.2 Å². The van der Waals surface area contributed by atoms with Crippen molar-refractivity contribution in [3.8, 4) is 0 Å². The lowest BCUT2D eigenvalue weighted by Gasteiger charge is -2.34. The summed E-state index contributed by atoms with van der Waals surface area (Å²) in [6.45, 7) is 2.12. The molecule has 1 aromatic heterocycles. The topological polar surface area (TPSA) is 79.8 Å². The molecule has 1 fully saturated rings. The molecule has 2 heterocycles. The van der Waals surface area contributed by atoms with E-state index >= 15 is 0 Å². The zero-order valence-corrected chi connectivity index (χ0v) is 10.7. The zero-order chi connectivity index (χ0) is 12.3. The maximum Gasteiger partial charge on any atom is 0.289 e. The largest absolute Gasteiger partial charge is 0.459 e. The Hall–Kier alpha value is -1.53. The van der Waals surface area contributed by atoms with Crippen LogP contribution in [0.4, 0.5) is 0 Å². The molecule has 0 aromatic carbocycles. The number of piperazine rings is 1. The molecule has 1 aromatic rings. The number of furan rings is 1. The van der Waals surface area contributed by atoms with Gasteiger partial charge >= 0.3 is 0 Å². The molecule has 18 heavy (non-hydrogen) atoms. The Morgan fingerprint density at radius 1 is 1.22 bits per heavy atom. The van der Waals surface area contributed by atoms with Crippen LogP contribution in [0.3, 0.4) is 0 Å². The maximum absolute atomic E-state index is 11.9. The highest BCUT2D eigenvalue weighted by molar-refractivity contribution is 5.91. The molecule has 0 aliphatic carbocycles. The highest BCUT2D eigenvalue weighted by Crippen LogP contribution is 2.09. The monoisotopic (exact) mass is 273 g/mol. The summed E-state index contributed by atoms with van der Waals surface area (Å²) < 4.78 is 5.05. The fourth-order valence-electron chi connectivity index (χ4n) is 1.84. The third kappa shape index (κ3) is 3.02. The zero-order valence-electron chi connectivity index (χ0n) is 9.87. The quantitative estimate of drug-likeness (QED) is 0.819. The number of hydrogen-bond acceptors (Lipinski definition) is 4. The Balaban J connectivity index is 0.00000162. The van der Waals surface area contributed by atoms with Gasteiger partial charge in [-0.1, -0.05) is 0 Å². The van der Waals surface area contributed by atoms with Crippen molar-refractivity contribution in [1.82, 2.24) is 9.80 Å². The first-order chi connectivity index (χ1) is 8.22. The predicted octanol–water partition coefficient (Wildman–Crippen LogP) is -0.0555. The van der Waals surface area contributed by atoms with Gasteiger partial charge < -0.3 is 20.0 Å². The first kappa shape index (κ1) is 14.5. The van der Waals surface area contributed by atoms with Crippen molar-refractivity contribution in [1.29, 1.82) is 0 Å². The first-order valence-corrected chi connectivity index (χ1v) is 5.53. The summed E-state index contributed by atoms with van der Waals surface area (Å²) in [6, 6.07) is 3.32. The molecule has 1 saturated heterocycles. The minimum absolute atomic E-state index is 0. The molecule has 0 atom stereocenters. The van der Waals surface area contributed by atoms with Gasteiger partial charge in [0.25, 0.3) is 5.91 Å². The molecule has 1 aliphatic heterocycles. The fraction of sp³-hybridized carbons (Fsp3) is 0.455. The number of rotatable bonds is 2. The van der Waals surface area contributed by atoms with E-state index in [1.54, 1.807) is 21.9 Å². The standard InChI is InChI=1S/C11H15N3O3.ClH/c12-8-10(15)13-3-5-14(6-4-13)11(16)9-2-1-7-17-9;/h1-2,7H,3-6,8,12H2;1H. The number of hydrogen-bond donors (Lipinski definition) is 1. The Bertz CT molecular complexity index is 400. The Morgan fingerprint density at radius 2 is 1.83 bits per heavy atom. The van der Waals surface area contributed by atoms with Crippen LogP contribution in [0.1, 0.15) is 10.6 Å². The summed E-state index contributed by atoms with van der Waals surface area (Å²) in [5, 5.41) is 0. The Kier molecular flexibility index (Phi) is 5.18. The Labute approximate surface area is 111 Å². The normalized spacial score (nSPS) is 15.2. The highest BCUT2D eigenvalue weighted by atomic mass is 35.5. The van der Waals surface area contributed by atoms with Gasteiger partial charge in [0.15, 0.2) is 5.76 Å². The van der Waals surface area contributed by atoms with Gasteiger partial charge in [-0.15, -0.1) is 12.4 Å². The summed E-state index contributed by atoms with van der Waals surface area (Å²) in [5.41, 5.74) is 5.29. The summed E-state index contributed by atoms with van der Waals surface area (Å²) in [4.78, 5) is 26.6. The van der Waals surface area contributed by atoms with Crippen molar-refractivity contribution in [2.75, 3.05) is 32.7 Å². The van der Waals surface area contributed by atoms with Crippen LogP contribution in [0, 0.1) is 0 Å². The lowest BCUT2D eigenvalue weighted by atomic mass is 10.3. The number of nitrogens with two attached hydrogens (primary N) is 1. The molecular formula is C11H16ClN3O3. The second-order valence-electron chi connectivity index (χ2n) is 3.85. The number of carbonyl (C=O) groups is 2. The van der Waals surface area contributed by atoms with E-state index in [1.165, 1.54) is 6.26 Å². The van der Waals surface area contributed by atoms with Crippen LogP contribution in [-0.2, 0) is 4.79 Å². The van der Waals surface area contributed by atoms with Gasteiger partial charge in [0, 0.05) is 26.2 Å². The molecule has 0 radical (unpaired) electrons. The van der Waals surface area contributed by atoms with E-state index in [2.05, 4.69) is 0 Å². The van der Waals surface area contributed by atoms with Crippen LogP contribution in [0.15, 0.2) is 22.8 Å². The second-order valence-corrected chi connectivity index (χ2v) is 3.85. The molecule has 6 nitrogen and oxygen atoms in total. The van der Waals surface area contributed by atoms with Crippen molar-refractivity contribution in [2.24, 2.45) is 5.73 Å². The van der Waals surface area contributed by atoms with Crippen LogP contribution in [0.2, 0.25) is 0 Å². The Morgan fingerprint density at radius 3 is 2.33 bits per heavy atom. The van der Waals surface area contributed by atoms with Crippen molar-refractivity contribution in [3.63, 3.8) is 0 Å². The number of carbonyl (C=O) groups excluding carboxylic acids is 2. The summed E-state index contributed by atoms with van der Waals surface area (Å²) in [7, 11) is 0. The van der Waals surface area contributed by atoms with E-state index < -0.39 is 0 Å². The first-order valence-electron chi connectivity index (χ1n) is 5.53. The van der Waals surface area contributed by atoms with Crippen molar-refractivity contribution < 1.29 is 14.0 Å². The average Bonchev–Trinajstić information content (AvgIpc) is 2.91. The number of amides is 2. The number of halogens is 1. The number of nitrogens with zero attached hydrogens (tertiary/aromatic N) is 2. The van der Waals surface area contributed by atoms with Gasteiger partial charge in [0.05, 0.1) is 12.8 Å². The summed E-state index contributed by atoms with van der Waals surface area (Å²) >= 11 is 0. The van der Waals surface area contributed by atoms with Crippen LogP contribution >= 0.6 is 12.4 Å². The molecule has 0 unspecified atom stereocenters. The van der Waals surface area contributed by atoms with E-state index in [0.29, 0.717) is 31.9 Å². The van der Waals surface area contributed by atoms with Gasteiger partial charge in [-0.05, 0) is 12.1 Å². The lowest BCUT2D eigenvalue weighted by molar-refractivity contribution is -0.131. The van der Waals surface area contributed by atoms with Crippen LogP contribution in [0.5, 0.6) is 0 Å². The molecule has 2 rings (SSSR count). The molecule has 2 amide bonds. The van der Waals surface area contributed by atoms with Crippen LogP contribution < -0.4 is 5.73 Å². The SMILES string of the molecule is Cl.NCC(=O)N1CCN(C(=O)c2ccco2)CC1. The van der Waals surface area contributed by atoms with Gasteiger partial charge in [-0.25, -0.2) is 0 Å². The van der Waals surface area contributed by atoms with E-state index in [-0.39, 0.29) is 30.8 Å².